The van der Waals surface area contributed by atoms with Crippen LogP contribution in [0.15, 0.2) is 16.3 Å². The van der Waals surface area contributed by atoms with E-state index >= 15 is 0 Å². The third-order valence-corrected chi connectivity index (χ3v) is 6.85. The van der Waals surface area contributed by atoms with Gasteiger partial charge in [0.05, 0.1) is 6.42 Å². The van der Waals surface area contributed by atoms with E-state index in [1.165, 1.54) is 31.7 Å². The minimum Gasteiger partial charge on any atom is -0.355 e. The second-order valence-electron chi connectivity index (χ2n) is 5.78. The Morgan fingerprint density at radius 1 is 1.38 bits per heavy atom. The summed E-state index contributed by atoms with van der Waals surface area (Å²) in [6, 6.07) is 3.10. The van der Waals surface area contributed by atoms with Crippen LogP contribution in [-0.4, -0.2) is 20.9 Å². The van der Waals surface area contributed by atoms with Crippen LogP contribution in [0.25, 0.3) is 0 Å². The summed E-state index contributed by atoms with van der Waals surface area (Å²) in [6.45, 7) is 2.89. The zero-order valence-electron chi connectivity index (χ0n) is 12.2. The lowest BCUT2D eigenvalue weighted by atomic mass is 9.83. The van der Waals surface area contributed by atoms with Crippen LogP contribution in [0.3, 0.4) is 0 Å². The van der Waals surface area contributed by atoms with Crippen molar-refractivity contribution in [1.82, 2.24) is 5.32 Å². The normalized spacial score (nSPS) is 17.8. The summed E-state index contributed by atoms with van der Waals surface area (Å²) in [5.41, 5.74) is 0.261. The molecule has 0 unspecified atom stereocenters. The van der Waals surface area contributed by atoms with Crippen LogP contribution in [0.2, 0.25) is 0 Å². The first-order valence-corrected chi connectivity index (χ1v) is 9.59. The Morgan fingerprint density at radius 2 is 2.05 bits per heavy atom. The van der Waals surface area contributed by atoms with Crippen molar-refractivity contribution in [2.45, 2.75) is 49.7 Å². The van der Waals surface area contributed by atoms with E-state index in [2.05, 4.69) is 12.2 Å². The van der Waals surface area contributed by atoms with Crippen LogP contribution in [0.5, 0.6) is 0 Å². The number of primary sulfonamides is 1. The number of thiophene rings is 1. The van der Waals surface area contributed by atoms with Gasteiger partial charge in [-0.05, 0) is 36.8 Å². The number of carbonyl (C=O) groups is 1. The van der Waals surface area contributed by atoms with E-state index < -0.39 is 10.0 Å². The highest BCUT2D eigenvalue weighted by molar-refractivity contribution is 7.91. The zero-order chi connectivity index (χ0) is 15.5. The van der Waals surface area contributed by atoms with Crippen LogP contribution in [0, 0.1) is 5.41 Å². The van der Waals surface area contributed by atoms with Crippen molar-refractivity contribution in [3.8, 4) is 0 Å². The highest BCUT2D eigenvalue weighted by Gasteiger charge is 2.32. The summed E-state index contributed by atoms with van der Waals surface area (Å²) in [7, 11) is -3.67. The van der Waals surface area contributed by atoms with Crippen LogP contribution in [-0.2, 0) is 21.2 Å². The molecule has 1 aliphatic rings. The number of carbonyl (C=O) groups excluding carboxylic acids is 1. The SMILES string of the molecule is CCC1(CNC(=O)Cc2ccc(S(N)(=O)=O)s2)CCCC1. The molecule has 0 radical (unpaired) electrons. The summed E-state index contributed by atoms with van der Waals surface area (Å²) in [6.07, 6.45) is 6.14. The summed E-state index contributed by atoms with van der Waals surface area (Å²) in [5.74, 6) is -0.0578. The maximum atomic E-state index is 12.0. The van der Waals surface area contributed by atoms with Crippen molar-refractivity contribution in [3.63, 3.8) is 0 Å². The fourth-order valence-electron chi connectivity index (χ4n) is 2.89. The molecule has 7 heteroatoms. The molecule has 1 fully saturated rings. The molecule has 1 aromatic rings. The lowest BCUT2D eigenvalue weighted by Gasteiger charge is -2.27. The Bertz CT molecular complexity index is 601. The average Bonchev–Trinajstić information content (AvgIpc) is 3.05. The minimum absolute atomic E-state index is 0.0578. The molecule has 0 atom stereocenters. The van der Waals surface area contributed by atoms with E-state index in [0.29, 0.717) is 4.88 Å². The zero-order valence-corrected chi connectivity index (χ0v) is 13.9. The first kappa shape index (κ1) is 16.5. The number of hydrogen-bond acceptors (Lipinski definition) is 4. The van der Waals surface area contributed by atoms with Gasteiger partial charge in [0.1, 0.15) is 4.21 Å². The Kier molecular flexibility index (Phi) is 5.06. The fourth-order valence-corrected chi connectivity index (χ4v) is 4.67. The standard InChI is InChI=1S/C14H22N2O3S2/c1-2-14(7-3-4-8-14)10-16-12(17)9-11-5-6-13(20-11)21(15,18)19/h5-6H,2-4,7-10H2,1H3,(H,16,17)(H2,15,18,19). The van der Waals surface area contributed by atoms with E-state index in [-0.39, 0.29) is 22.0 Å². The van der Waals surface area contributed by atoms with E-state index in [9.17, 15) is 13.2 Å². The Morgan fingerprint density at radius 3 is 2.57 bits per heavy atom. The highest BCUT2D eigenvalue weighted by atomic mass is 32.2. The molecule has 1 aromatic heterocycles. The summed E-state index contributed by atoms with van der Waals surface area (Å²) in [4.78, 5) is 12.7. The van der Waals surface area contributed by atoms with Crippen molar-refractivity contribution in [1.29, 1.82) is 0 Å². The molecule has 118 valence electrons. The van der Waals surface area contributed by atoms with Gasteiger partial charge in [-0.3, -0.25) is 4.79 Å². The molecule has 0 aliphatic heterocycles. The summed E-state index contributed by atoms with van der Waals surface area (Å²) in [5, 5.41) is 8.06. The van der Waals surface area contributed by atoms with E-state index in [1.807, 2.05) is 0 Å². The van der Waals surface area contributed by atoms with Gasteiger partial charge in [-0.25, -0.2) is 13.6 Å². The predicted octanol–water partition coefficient (Wildman–Crippen LogP) is 2.02. The molecule has 5 nitrogen and oxygen atoms in total. The molecule has 21 heavy (non-hydrogen) atoms. The minimum atomic E-state index is -3.67. The lowest BCUT2D eigenvalue weighted by molar-refractivity contribution is -0.120. The molecular formula is C14H22N2O3S2. The van der Waals surface area contributed by atoms with Crippen LogP contribution in [0.4, 0.5) is 0 Å². The second kappa shape index (κ2) is 6.46. The van der Waals surface area contributed by atoms with Gasteiger partial charge < -0.3 is 5.32 Å². The quantitative estimate of drug-likeness (QED) is 0.836. The Hall–Kier alpha value is -0.920. The van der Waals surface area contributed by atoms with E-state index in [4.69, 9.17) is 5.14 Å². The molecule has 3 N–H and O–H groups in total. The molecule has 1 saturated carbocycles. The number of nitrogens with two attached hydrogens (primary N) is 1. The van der Waals surface area contributed by atoms with E-state index in [0.717, 1.165) is 24.3 Å². The van der Waals surface area contributed by atoms with Crippen molar-refractivity contribution in [3.05, 3.63) is 17.0 Å². The third-order valence-electron chi connectivity index (χ3n) is 4.33. The predicted molar refractivity (Wildman–Crippen MR) is 83.6 cm³/mol. The van der Waals surface area contributed by atoms with Gasteiger partial charge in [-0.15, -0.1) is 11.3 Å². The number of nitrogens with one attached hydrogen (secondary N) is 1. The highest BCUT2D eigenvalue weighted by Crippen LogP contribution is 2.40. The number of amides is 1. The van der Waals surface area contributed by atoms with Crippen LogP contribution >= 0.6 is 11.3 Å². The number of rotatable bonds is 6. The molecule has 0 saturated heterocycles. The van der Waals surface area contributed by atoms with Crippen LogP contribution < -0.4 is 10.5 Å². The molecular weight excluding hydrogens is 308 g/mol. The summed E-state index contributed by atoms with van der Waals surface area (Å²) >= 11 is 1.06. The molecule has 0 bridgehead atoms. The maximum Gasteiger partial charge on any atom is 0.247 e. The van der Waals surface area contributed by atoms with E-state index in [1.54, 1.807) is 6.07 Å². The van der Waals surface area contributed by atoms with Crippen molar-refractivity contribution in [2.24, 2.45) is 10.6 Å². The largest absolute Gasteiger partial charge is 0.355 e. The van der Waals surface area contributed by atoms with Crippen molar-refractivity contribution in [2.75, 3.05) is 6.54 Å². The molecule has 1 aliphatic carbocycles. The van der Waals surface area contributed by atoms with Gasteiger partial charge in [0.25, 0.3) is 0 Å². The molecule has 1 heterocycles. The monoisotopic (exact) mass is 330 g/mol. The lowest BCUT2D eigenvalue weighted by Crippen LogP contribution is -2.36. The number of hydrogen-bond donors (Lipinski definition) is 2. The first-order chi connectivity index (χ1) is 9.85. The fraction of sp³-hybridized carbons (Fsp3) is 0.643. The Labute approximate surface area is 130 Å². The van der Waals surface area contributed by atoms with Gasteiger partial charge in [-0.2, -0.15) is 0 Å². The Balaban J connectivity index is 1.89. The molecule has 2 rings (SSSR count). The number of sulfonamides is 1. The molecule has 1 amide bonds. The summed E-state index contributed by atoms with van der Waals surface area (Å²) < 4.78 is 22.5. The smallest absolute Gasteiger partial charge is 0.247 e. The van der Waals surface area contributed by atoms with Gasteiger partial charge in [0, 0.05) is 11.4 Å². The van der Waals surface area contributed by atoms with Gasteiger partial charge >= 0.3 is 0 Å². The topological polar surface area (TPSA) is 89.3 Å². The second-order valence-corrected chi connectivity index (χ2v) is 8.74. The third kappa shape index (κ3) is 4.28. The maximum absolute atomic E-state index is 12.0. The van der Waals surface area contributed by atoms with Gasteiger partial charge in [0.15, 0.2) is 0 Å². The van der Waals surface area contributed by atoms with Crippen molar-refractivity contribution < 1.29 is 13.2 Å². The van der Waals surface area contributed by atoms with Crippen molar-refractivity contribution >= 4 is 27.3 Å². The molecule has 0 spiro atoms. The van der Waals surface area contributed by atoms with Gasteiger partial charge in [-0.1, -0.05) is 19.8 Å². The van der Waals surface area contributed by atoms with Crippen LogP contribution in [0.1, 0.15) is 43.9 Å². The molecule has 0 aromatic carbocycles. The van der Waals surface area contributed by atoms with Gasteiger partial charge in [0.2, 0.25) is 15.9 Å². The average molecular weight is 330 g/mol. The first-order valence-electron chi connectivity index (χ1n) is 7.23.